The van der Waals surface area contributed by atoms with Crippen molar-refractivity contribution in [3.8, 4) is 17.2 Å². The summed E-state index contributed by atoms with van der Waals surface area (Å²) in [5.74, 6) is 0.770. The molecule has 6 rings (SSSR count). The predicted octanol–water partition coefficient (Wildman–Crippen LogP) is 9.19. The number of hydrogen-bond acceptors (Lipinski definition) is 10. The van der Waals surface area contributed by atoms with Crippen molar-refractivity contribution in [3.05, 3.63) is 82.2 Å². The highest BCUT2D eigenvalue weighted by Gasteiger charge is 2.23. The number of carbonyl (C=O) groups excluding carboxylic acids is 2. The summed E-state index contributed by atoms with van der Waals surface area (Å²) in [6, 6.07) is 10.1. The second kappa shape index (κ2) is 22.5. The molecule has 1 saturated heterocycles. The highest BCUT2D eigenvalue weighted by atomic mass is 35.5. The molecule has 3 aliphatic rings. The number of amides is 1. The third-order valence-electron chi connectivity index (χ3n) is 9.61. The third kappa shape index (κ3) is 15.0. The standard InChI is InChI=1S/C28H28ClN3O4.C8H14N2.C6H15N.C4H8O/c1-28(2,3)26-10-16(15-32-26)9-18(33)11-17-5-6-19(12-22(17)29)36-24-7-8-31-23-14-25(35-4)21(27(30)34)13-20(23)24;1-8(2,3)7-4-6(9)5-10-7;1-4-7(5-2)6-3;1-2-4-5-3-1/h5-8,10,12-14H,9,11,15H2,1-4H3,(H2,30,34);4H,5,9H2,1-3H3;4-6H2,1-3H3;1-4H2. The molecular weight excluding hydrogens is 752 g/mol. The second-order valence-corrected chi connectivity index (χ2v) is 16.8. The van der Waals surface area contributed by atoms with Crippen LogP contribution in [0.4, 0.5) is 0 Å². The van der Waals surface area contributed by atoms with Gasteiger partial charge in [-0.25, -0.2) is 0 Å². The molecule has 11 nitrogen and oxygen atoms in total. The number of ketones is 1. The molecule has 3 aromatic rings. The highest BCUT2D eigenvalue weighted by molar-refractivity contribution is 6.31. The summed E-state index contributed by atoms with van der Waals surface area (Å²) in [4.78, 5) is 40.1. The molecule has 1 aromatic heterocycles. The average Bonchev–Trinajstić information content (AvgIpc) is 3.98. The molecule has 58 heavy (non-hydrogen) atoms. The summed E-state index contributed by atoms with van der Waals surface area (Å²) in [5.41, 5.74) is 16.8. The summed E-state index contributed by atoms with van der Waals surface area (Å²) < 4.78 is 16.3. The smallest absolute Gasteiger partial charge is 0.252 e. The van der Waals surface area contributed by atoms with Gasteiger partial charge in [-0.1, -0.05) is 80.0 Å². The number of methoxy groups -OCH3 is 1. The first-order valence-corrected chi connectivity index (χ1v) is 20.6. The van der Waals surface area contributed by atoms with E-state index in [1.54, 1.807) is 42.6 Å². The van der Waals surface area contributed by atoms with E-state index in [0.29, 0.717) is 52.7 Å². The highest BCUT2D eigenvalue weighted by Crippen LogP contribution is 2.35. The summed E-state index contributed by atoms with van der Waals surface area (Å²) in [6.07, 6.45) is 8.74. The van der Waals surface area contributed by atoms with Crippen LogP contribution in [0.3, 0.4) is 0 Å². The Morgan fingerprint density at radius 3 is 1.91 bits per heavy atom. The molecule has 12 heteroatoms. The molecule has 0 unspecified atom stereocenters. The number of nitrogens with zero attached hydrogens (tertiary/aromatic N) is 4. The fraction of sp³-hybridized carbons (Fsp3) is 0.500. The predicted molar refractivity (Wildman–Crippen MR) is 239 cm³/mol. The molecule has 4 N–H and O–H groups in total. The first-order chi connectivity index (χ1) is 27.4. The SMILES string of the molecule is C1CCOC1.CC(C)(C)C1=NCC(N)=C1.CCN(CC)CC.COc1cc2nccc(Oc3ccc(CC(=O)CC4=CC(C(C)(C)C)=NC4)c(Cl)c3)c2cc1C(N)=O. The van der Waals surface area contributed by atoms with Gasteiger partial charge in [-0.05, 0) is 80.0 Å². The van der Waals surface area contributed by atoms with Gasteiger partial charge in [0.15, 0.2) is 0 Å². The molecule has 0 saturated carbocycles. The number of carbonyl (C=O) groups is 2. The van der Waals surface area contributed by atoms with Gasteiger partial charge in [0, 0.05) is 76.7 Å². The van der Waals surface area contributed by atoms with E-state index in [-0.39, 0.29) is 28.6 Å². The molecule has 0 spiro atoms. The number of halogens is 1. The normalized spacial score (nSPS) is 14.8. The Morgan fingerprint density at radius 1 is 0.845 bits per heavy atom. The number of fused-ring (bicyclic) bond motifs is 1. The molecule has 0 aliphatic carbocycles. The van der Waals surface area contributed by atoms with Crippen LogP contribution in [0.15, 0.2) is 76.0 Å². The Hall–Kier alpha value is -4.58. The van der Waals surface area contributed by atoms with Gasteiger partial charge >= 0.3 is 0 Å². The largest absolute Gasteiger partial charge is 0.496 e. The Bertz CT molecular complexity index is 1970. The van der Waals surface area contributed by atoms with Crippen molar-refractivity contribution in [2.24, 2.45) is 32.3 Å². The third-order valence-corrected chi connectivity index (χ3v) is 9.96. The zero-order valence-corrected chi connectivity index (χ0v) is 37.1. The van der Waals surface area contributed by atoms with Gasteiger partial charge in [0.2, 0.25) is 0 Å². The van der Waals surface area contributed by atoms with Gasteiger partial charge < -0.3 is 30.6 Å². The zero-order chi connectivity index (χ0) is 43.0. The van der Waals surface area contributed by atoms with E-state index >= 15 is 0 Å². The van der Waals surface area contributed by atoms with Crippen molar-refractivity contribution >= 4 is 45.6 Å². The summed E-state index contributed by atoms with van der Waals surface area (Å²) in [7, 11) is 1.46. The minimum absolute atomic E-state index is 0.0302. The van der Waals surface area contributed by atoms with E-state index in [9.17, 15) is 9.59 Å². The molecule has 316 valence electrons. The topological polar surface area (TPSA) is 155 Å². The van der Waals surface area contributed by atoms with Crippen LogP contribution in [0.25, 0.3) is 10.9 Å². The van der Waals surface area contributed by atoms with Crippen LogP contribution in [0.5, 0.6) is 17.2 Å². The fourth-order valence-corrected chi connectivity index (χ4v) is 6.34. The molecule has 0 bridgehead atoms. The lowest BCUT2D eigenvalue weighted by atomic mass is 9.89. The Balaban J connectivity index is 0.000000329. The van der Waals surface area contributed by atoms with Crippen molar-refractivity contribution in [2.75, 3.05) is 53.0 Å². The van der Waals surface area contributed by atoms with Crippen LogP contribution in [-0.4, -0.2) is 86.0 Å². The van der Waals surface area contributed by atoms with Crippen molar-refractivity contribution in [1.82, 2.24) is 9.88 Å². The minimum atomic E-state index is -0.616. The van der Waals surface area contributed by atoms with E-state index in [4.69, 9.17) is 37.3 Å². The molecule has 1 fully saturated rings. The molecular formula is C46H65ClN6O5. The van der Waals surface area contributed by atoms with E-state index in [1.807, 2.05) is 12.2 Å². The maximum atomic E-state index is 12.7. The summed E-state index contributed by atoms with van der Waals surface area (Å²) >= 11 is 6.50. The molecule has 0 atom stereocenters. The van der Waals surface area contributed by atoms with Crippen LogP contribution >= 0.6 is 11.6 Å². The van der Waals surface area contributed by atoms with Crippen LogP contribution < -0.4 is 20.9 Å². The molecule has 1 amide bonds. The lowest BCUT2D eigenvalue weighted by Crippen LogP contribution is -2.21. The van der Waals surface area contributed by atoms with Crippen LogP contribution in [0.2, 0.25) is 5.02 Å². The second-order valence-electron chi connectivity index (χ2n) is 16.4. The van der Waals surface area contributed by atoms with Crippen molar-refractivity contribution in [1.29, 1.82) is 0 Å². The quantitative estimate of drug-likeness (QED) is 0.194. The van der Waals surface area contributed by atoms with Crippen molar-refractivity contribution in [2.45, 2.75) is 88.0 Å². The van der Waals surface area contributed by atoms with E-state index in [0.717, 1.165) is 41.5 Å². The zero-order valence-electron chi connectivity index (χ0n) is 36.3. The number of hydrogen-bond donors (Lipinski definition) is 2. The number of rotatable bonds is 11. The monoisotopic (exact) mass is 816 g/mol. The maximum Gasteiger partial charge on any atom is 0.252 e. The van der Waals surface area contributed by atoms with Gasteiger partial charge in [0.1, 0.15) is 23.0 Å². The Kier molecular flexibility index (Phi) is 18.6. The van der Waals surface area contributed by atoms with Crippen LogP contribution in [0.1, 0.15) is 97.5 Å². The number of Topliss-reactive ketones (excluding diaryl/α,β-unsaturated/α-hetero) is 1. The van der Waals surface area contributed by atoms with Gasteiger partial charge in [0.05, 0.1) is 31.3 Å². The maximum absolute atomic E-state index is 12.7. The number of primary amides is 1. The van der Waals surface area contributed by atoms with Crippen molar-refractivity contribution in [3.63, 3.8) is 0 Å². The van der Waals surface area contributed by atoms with E-state index in [1.165, 1.54) is 39.6 Å². The summed E-state index contributed by atoms with van der Waals surface area (Å²) in [6.45, 7) is 26.1. The lowest BCUT2D eigenvalue weighted by molar-refractivity contribution is -0.117. The van der Waals surface area contributed by atoms with E-state index < -0.39 is 5.91 Å². The van der Waals surface area contributed by atoms with E-state index in [2.05, 4.69) is 82.2 Å². The lowest BCUT2D eigenvalue weighted by Gasteiger charge is -2.16. The van der Waals surface area contributed by atoms with Gasteiger partial charge in [0.25, 0.3) is 5.91 Å². The number of aromatic nitrogens is 1. The first kappa shape index (κ1) is 47.8. The number of benzene rings is 2. The fourth-order valence-electron chi connectivity index (χ4n) is 6.10. The Labute approximate surface area is 351 Å². The van der Waals surface area contributed by atoms with Gasteiger partial charge in [-0.3, -0.25) is 24.6 Å². The average molecular weight is 818 g/mol. The minimum Gasteiger partial charge on any atom is -0.496 e. The number of aliphatic imine (C=N–C) groups is 2. The van der Waals surface area contributed by atoms with Crippen LogP contribution in [0, 0.1) is 10.8 Å². The molecule has 4 heterocycles. The number of nitrogens with two attached hydrogens (primary N) is 2. The summed E-state index contributed by atoms with van der Waals surface area (Å²) in [5, 5.41) is 1.04. The molecule has 0 radical (unpaired) electrons. The van der Waals surface area contributed by atoms with Gasteiger partial charge in [-0.2, -0.15) is 0 Å². The van der Waals surface area contributed by atoms with Gasteiger partial charge in [-0.15, -0.1) is 0 Å². The number of allylic oxidation sites excluding steroid dienone is 2. The van der Waals surface area contributed by atoms with Crippen LogP contribution in [-0.2, 0) is 16.0 Å². The number of pyridine rings is 1. The Morgan fingerprint density at radius 2 is 1.47 bits per heavy atom. The number of ether oxygens (including phenoxy) is 3. The first-order valence-electron chi connectivity index (χ1n) is 20.2. The van der Waals surface area contributed by atoms with Crippen molar-refractivity contribution < 1.29 is 23.8 Å². The molecule has 3 aliphatic heterocycles. The molecule has 2 aromatic carbocycles.